The second-order valence-corrected chi connectivity index (χ2v) is 7.76. The fraction of sp³-hybridized carbons (Fsp3) is 0.222. The number of hydrogen-bond acceptors (Lipinski definition) is 4. The predicted octanol–water partition coefficient (Wildman–Crippen LogP) is 1.91. The molecule has 2 aromatic rings. The monoisotopic (exact) mass is 355 g/mol. The van der Waals surface area contributed by atoms with E-state index in [1.54, 1.807) is 4.90 Å². The van der Waals surface area contributed by atoms with Gasteiger partial charge in [0.05, 0.1) is 23.6 Å². The van der Waals surface area contributed by atoms with Crippen LogP contribution in [0.15, 0.2) is 48.5 Å². The van der Waals surface area contributed by atoms with Gasteiger partial charge >= 0.3 is 0 Å². The molecule has 6 nitrogen and oxygen atoms in total. The molecule has 2 aromatic carbocycles. The molecular formula is C18H17N3O3S. The number of nitrogens with zero attached hydrogens (tertiary/aromatic N) is 3. The Hall–Kier alpha value is -2.85. The fourth-order valence-electron chi connectivity index (χ4n) is 2.91. The molecule has 128 valence electrons. The Morgan fingerprint density at radius 2 is 1.88 bits per heavy atom. The third-order valence-corrected chi connectivity index (χ3v) is 5.29. The SMILES string of the molecule is CS(=O)(=O)N(CC(=O)N1CCc2ccccc21)c1ccc(C#N)cc1. The van der Waals surface area contributed by atoms with Crippen LogP contribution < -0.4 is 9.21 Å². The van der Waals surface area contributed by atoms with Gasteiger partial charge in [-0.3, -0.25) is 9.10 Å². The number of para-hydroxylation sites is 1. The Kier molecular flexibility index (Phi) is 4.47. The van der Waals surface area contributed by atoms with E-state index >= 15 is 0 Å². The minimum Gasteiger partial charge on any atom is -0.310 e. The standard InChI is InChI=1S/C18H17N3O3S/c1-25(23,24)21(16-8-6-14(12-19)7-9-16)13-18(22)20-11-10-15-4-2-3-5-17(15)20/h2-9H,10-11,13H2,1H3. The molecule has 1 aliphatic heterocycles. The van der Waals surface area contributed by atoms with Crippen LogP contribution in [0.5, 0.6) is 0 Å². The topological polar surface area (TPSA) is 81.5 Å². The van der Waals surface area contributed by atoms with Crippen molar-refractivity contribution in [3.8, 4) is 6.07 Å². The van der Waals surface area contributed by atoms with Crippen molar-refractivity contribution in [1.82, 2.24) is 0 Å². The summed E-state index contributed by atoms with van der Waals surface area (Å²) in [6.45, 7) is 0.266. The van der Waals surface area contributed by atoms with Crippen molar-refractivity contribution >= 4 is 27.3 Å². The van der Waals surface area contributed by atoms with Crippen LogP contribution in [0, 0.1) is 11.3 Å². The summed E-state index contributed by atoms with van der Waals surface area (Å²) >= 11 is 0. The van der Waals surface area contributed by atoms with Gasteiger partial charge in [-0.15, -0.1) is 0 Å². The highest BCUT2D eigenvalue weighted by molar-refractivity contribution is 7.92. The van der Waals surface area contributed by atoms with Crippen molar-refractivity contribution in [1.29, 1.82) is 5.26 Å². The minimum atomic E-state index is -3.64. The van der Waals surface area contributed by atoms with Crippen LogP contribution in [0.2, 0.25) is 0 Å². The van der Waals surface area contributed by atoms with Gasteiger partial charge in [-0.1, -0.05) is 18.2 Å². The molecule has 0 N–H and O–H groups in total. The van der Waals surface area contributed by atoms with Crippen LogP contribution in [0.1, 0.15) is 11.1 Å². The van der Waals surface area contributed by atoms with Gasteiger partial charge < -0.3 is 4.90 Å². The summed E-state index contributed by atoms with van der Waals surface area (Å²) < 4.78 is 25.4. The van der Waals surface area contributed by atoms with E-state index in [1.807, 2.05) is 30.3 Å². The van der Waals surface area contributed by atoms with Gasteiger partial charge in [-0.25, -0.2) is 8.42 Å². The zero-order valence-electron chi connectivity index (χ0n) is 13.7. The molecule has 0 unspecified atom stereocenters. The number of benzene rings is 2. The van der Waals surface area contributed by atoms with Gasteiger partial charge in [-0.2, -0.15) is 5.26 Å². The van der Waals surface area contributed by atoms with E-state index < -0.39 is 10.0 Å². The number of hydrogen-bond donors (Lipinski definition) is 0. The van der Waals surface area contributed by atoms with Gasteiger partial charge in [0.25, 0.3) is 0 Å². The Balaban J connectivity index is 1.86. The summed E-state index contributed by atoms with van der Waals surface area (Å²) in [5, 5.41) is 8.87. The summed E-state index contributed by atoms with van der Waals surface area (Å²) in [7, 11) is -3.64. The molecule has 3 rings (SSSR count). The predicted molar refractivity (Wildman–Crippen MR) is 95.8 cm³/mol. The molecule has 1 aliphatic rings. The first-order valence-electron chi connectivity index (χ1n) is 7.76. The van der Waals surface area contributed by atoms with Crippen LogP contribution in [-0.4, -0.2) is 33.7 Å². The largest absolute Gasteiger partial charge is 0.310 e. The summed E-state index contributed by atoms with van der Waals surface area (Å²) in [5.41, 5.74) is 2.71. The second kappa shape index (κ2) is 6.57. The molecule has 0 radical (unpaired) electrons. The quantitative estimate of drug-likeness (QED) is 0.839. The maximum absolute atomic E-state index is 12.7. The van der Waals surface area contributed by atoms with Crippen LogP contribution in [0.25, 0.3) is 0 Å². The van der Waals surface area contributed by atoms with Crippen LogP contribution in [0.4, 0.5) is 11.4 Å². The van der Waals surface area contributed by atoms with E-state index in [0.717, 1.165) is 28.2 Å². The number of carbonyl (C=O) groups is 1. The second-order valence-electron chi connectivity index (χ2n) is 5.85. The third kappa shape index (κ3) is 3.49. The zero-order chi connectivity index (χ0) is 18.0. The number of sulfonamides is 1. The highest BCUT2D eigenvalue weighted by atomic mass is 32.2. The molecule has 0 fully saturated rings. The number of fused-ring (bicyclic) bond motifs is 1. The molecule has 0 atom stereocenters. The summed E-state index contributed by atoms with van der Waals surface area (Å²) in [4.78, 5) is 14.4. The lowest BCUT2D eigenvalue weighted by molar-refractivity contribution is -0.117. The van der Waals surface area contributed by atoms with E-state index in [9.17, 15) is 13.2 Å². The highest BCUT2D eigenvalue weighted by Crippen LogP contribution is 2.28. The normalized spacial score (nSPS) is 13.2. The molecular weight excluding hydrogens is 338 g/mol. The van der Waals surface area contributed by atoms with Crippen molar-refractivity contribution in [2.75, 3.05) is 28.6 Å². The van der Waals surface area contributed by atoms with Gasteiger partial charge in [0, 0.05) is 12.2 Å². The van der Waals surface area contributed by atoms with Crippen molar-refractivity contribution in [3.05, 3.63) is 59.7 Å². The molecule has 0 saturated heterocycles. The lowest BCUT2D eigenvalue weighted by Crippen LogP contribution is -2.42. The number of nitriles is 1. The lowest BCUT2D eigenvalue weighted by atomic mass is 10.2. The van der Waals surface area contributed by atoms with Gasteiger partial charge in [0.15, 0.2) is 0 Å². The van der Waals surface area contributed by atoms with Gasteiger partial charge in [0.1, 0.15) is 6.54 Å². The molecule has 1 amide bonds. The van der Waals surface area contributed by atoms with Crippen LogP contribution >= 0.6 is 0 Å². The summed E-state index contributed by atoms with van der Waals surface area (Å²) in [6, 6.07) is 15.7. The number of rotatable bonds is 4. The molecule has 0 aromatic heterocycles. The Morgan fingerprint density at radius 1 is 1.20 bits per heavy atom. The Labute approximate surface area is 147 Å². The fourth-order valence-corrected chi connectivity index (χ4v) is 3.76. The molecule has 25 heavy (non-hydrogen) atoms. The first kappa shape index (κ1) is 17.0. The Morgan fingerprint density at radius 3 is 2.52 bits per heavy atom. The average Bonchev–Trinajstić information content (AvgIpc) is 3.03. The first-order chi connectivity index (χ1) is 11.9. The molecule has 1 heterocycles. The Bertz CT molecular complexity index is 946. The number of anilines is 2. The van der Waals surface area contributed by atoms with E-state index in [1.165, 1.54) is 24.3 Å². The van der Waals surface area contributed by atoms with Crippen molar-refractivity contribution in [2.45, 2.75) is 6.42 Å². The lowest BCUT2D eigenvalue weighted by Gasteiger charge is -2.25. The summed E-state index contributed by atoms with van der Waals surface area (Å²) in [5.74, 6) is -0.278. The van der Waals surface area contributed by atoms with E-state index in [0.29, 0.717) is 17.8 Å². The maximum atomic E-state index is 12.7. The average molecular weight is 355 g/mol. The van der Waals surface area contributed by atoms with E-state index in [-0.39, 0.29) is 12.5 Å². The minimum absolute atomic E-state index is 0.278. The molecule has 0 bridgehead atoms. The van der Waals surface area contributed by atoms with E-state index in [2.05, 4.69) is 0 Å². The smallest absolute Gasteiger partial charge is 0.247 e. The van der Waals surface area contributed by atoms with Crippen molar-refractivity contribution in [3.63, 3.8) is 0 Å². The van der Waals surface area contributed by atoms with Crippen molar-refractivity contribution in [2.24, 2.45) is 0 Å². The molecule has 0 saturated carbocycles. The van der Waals surface area contributed by atoms with Gasteiger partial charge in [-0.05, 0) is 42.3 Å². The van der Waals surface area contributed by atoms with Crippen LogP contribution in [0.3, 0.4) is 0 Å². The summed E-state index contributed by atoms with van der Waals surface area (Å²) in [6.07, 6.45) is 1.83. The highest BCUT2D eigenvalue weighted by Gasteiger charge is 2.28. The third-order valence-electron chi connectivity index (χ3n) is 4.15. The maximum Gasteiger partial charge on any atom is 0.247 e. The molecule has 7 heteroatoms. The zero-order valence-corrected chi connectivity index (χ0v) is 14.5. The van der Waals surface area contributed by atoms with Crippen molar-refractivity contribution < 1.29 is 13.2 Å². The number of amides is 1. The molecule has 0 spiro atoms. The van der Waals surface area contributed by atoms with Gasteiger partial charge in [0.2, 0.25) is 15.9 Å². The first-order valence-corrected chi connectivity index (χ1v) is 9.61. The van der Waals surface area contributed by atoms with E-state index in [4.69, 9.17) is 5.26 Å². The number of carbonyl (C=O) groups excluding carboxylic acids is 1. The molecule has 0 aliphatic carbocycles. The van der Waals surface area contributed by atoms with Crippen LogP contribution in [-0.2, 0) is 21.2 Å².